The maximum atomic E-state index is 12.9. The molecule has 2 aromatic rings. The third-order valence-electron chi connectivity index (χ3n) is 5.45. The maximum Gasteiger partial charge on any atom is 0.233 e. The molecule has 1 aromatic heterocycles. The highest BCUT2D eigenvalue weighted by Crippen LogP contribution is 2.33. The van der Waals surface area contributed by atoms with E-state index in [1.165, 1.54) is 16.4 Å². The summed E-state index contributed by atoms with van der Waals surface area (Å²) in [6.07, 6.45) is 2.38. The van der Waals surface area contributed by atoms with E-state index in [4.69, 9.17) is 10.6 Å². The zero-order valence-corrected chi connectivity index (χ0v) is 19.3. The van der Waals surface area contributed by atoms with Gasteiger partial charge in [0.2, 0.25) is 11.1 Å². The average molecular weight is 466 g/mol. The lowest BCUT2D eigenvalue weighted by Gasteiger charge is -2.28. The van der Waals surface area contributed by atoms with Crippen LogP contribution in [-0.2, 0) is 21.2 Å². The maximum absolute atomic E-state index is 12.9. The largest absolute Gasteiger partial charge is 0.486 e. The van der Waals surface area contributed by atoms with Crippen LogP contribution in [0.3, 0.4) is 0 Å². The Morgan fingerprint density at radius 1 is 1.19 bits per heavy atom. The third-order valence-corrected chi connectivity index (χ3v) is 8.13. The quantitative estimate of drug-likeness (QED) is 0.459. The molecule has 1 saturated carbocycles. The summed E-state index contributed by atoms with van der Waals surface area (Å²) >= 11 is 1.20. The van der Waals surface area contributed by atoms with Gasteiger partial charge >= 0.3 is 0 Å². The zero-order valence-electron chi connectivity index (χ0n) is 17.7. The van der Waals surface area contributed by atoms with E-state index in [2.05, 4.69) is 16.3 Å². The topological polar surface area (TPSA) is 120 Å². The Morgan fingerprint density at radius 3 is 2.52 bits per heavy atom. The number of nitrogens with two attached hydrogens (primary N) is 1. The number of sulfone groups is 1. The summed E-state index contributed by atoms with van der Waals surface area (Å²) in [7, 11) is -3.05. The molecule has 1 unspecified atom stereocenters. The Hall–Kier alpha value is -2.27. The van der Waals surface area contributed by atoms with E-state index in [9.17, 15) is 13.2 Å². The molecule has 4 rings (SSSR count). The molecule has 1 amide bonds. The monoisotopic (exact) mass is 465 g/mol. The molecule has 9 nitrogen and oxygen atoms in total. The lowest BCUT2D eigenvalue weighted by atomic mass is 10.1. The van der Waals surface area contributed by atoms with E-state index < -0.39 is 9.84 Å². The van der Waals surface area contributed by atoms with Crippen molar-refractivity contribution in [2.75, 3.05) is 23.1 Å². The summed E-state index contributed by atoms with van der Waals surface area (Å²) in [6, 6.07) is 5.88. The Bertz CT molecular complexity index is 1060. The van der Waals surface area contributed by atoms with Crippen molar-refractivity contribution in [2.45, 2.75) is 57.0 Å². The first-order valence-electron chi connectivity index (χ1n) is 10.3. The van der Waals surface area contributed by atoms with Crippen molar-refractivity contribution in [2.24, 2.45) is 0 Å². The van der Waals surface area contributed by atoms with Crippen LogP contribution < -0.4 is 10.6 Å². The number of hydrogen-bond acceptors (Lipinski definition) is 8. The second-order valence-electron chi connectivity index (χ2n) is 8.26. The molecule has 2 N–H and O–H groups in total. The fourth-order valence-corrected chi connectivity index (χ4v) is 6.38. The predicted molar refractivity (Wildman–Crippen MR) is 118 cm³/mol. The number of ether oxygens (including phenoxy) is 1. The summed E-state index contributed by atoms with van der Waals surface area (Å²) in [4.78, 5) is 14.7. The first-order valence-corrected chi connectivity index (χ1v) is 13.1. The van der Waals surface area contributed by atoms with Crippen LogP contribution in [0.5, 0.6) is 5.75 Å². The molecule has 0 bridgehead atoms. The van der Waals surface area contributed by atoms with Gasteiger partial charge in [0, 0.05) is 12.1 Å². The number of benzene rings is 1. The normalized spacial score (nSPS) is 20.0. The van der Waals surface area contributed by atoms with E-state index >= 15 is 0 Å². The number of nitrogens with zero attached hydrogens (tertiary/aromatic N) is 4. The van der Waals surface area contributed by atoms with Crippen LogP contribution in [0.25, 0.3) is 0 Å². The fourth-order valence-electron chi connectivity index (χ4n) is 3.92. The van der Waals surface area contributed by atoms with Crippen LogP contribution in [-0.4, -0.2) is 63.4 Å². The first-order chi connectivity index (χ1) is 14.7. The van der Waals surface area contributed by atoms with Crippen LogP contribution in [0.1, 0.15) is 36.2 Å². The van der Waals surface area contributed by atoms with Gasteiger partial charge in [-0.25, -0.2) is 13.1 Å². The molecule has 0 spiro atoms. The van der Waals surface area contributed by atoms with Crippen LogP contribution in [0, 0.1) is 13.8 Å². The number of carbonyl (C=O) groups is 1. The van der Waals surface area contributed by atoms with Gasteiger partial charge in [0.05, 0.1) is 17.3 Å². The lowest BCUT2D eigenvalue weighted by molar-refractivity contribution is -0.130. The lowest BCUT2D eigenvalue weighted by Crippen LogP contribution is -2.43. The standard InChI is InChI=1S/C20H27N5O4S2/c1-13-7-14(2)9-17(8-13)29-10-18-22-23-20(25(18)21)30-11-19(26)24(15-3-4-15)16-5-6-31(27,28)12-16/h7-9,15-16H,3-6,10-12,21H2,1-2H3. The van der Waals surface area contributed by atoms with Gasteiger partial charge in [-0.1, -0.05) is 17.8 Å². The molecule has 2 heterocycles. The van der Waals surface area contributed by atoms with Crippen molar-refractivity contribution in [3.05, 3.63) is 35.2 Å². The minimum Gasteiger partial charge on any atom is -0.486 e. The van der Waals surface area contributed by atoms with Gasteiger partial charge in [0.25, 0.3) is 0 Å². The number of rotatable bonds is 8. The third kappa shape index (κ3) is 5.32. The Balaban J connectivity index is 1.35. The first kappa shape index (κ1) is 21.9. The number of aryl methyl sites for hydroxylation is 2. The van der Waals surface area contributed by atoms with Gasteiger partial charge < -0.3 is 15.5 Å². The highest BCUT2D eigenvalue weighted by Gasteiger charge is 2.42. The van der Waals surface area contributed by atoms with Crippen molar-refractivity contribution in [3.8, 4) is 5.75 Å². The van der Waals surface area contributed by atoms with Crippen molar-refractivity contribution in [3.63, 3.8) is 0 Å². The Kier molecular flexibility index (Phi) is 6.16. The van der Waals surface area contributed by atoms with Gasteiger partial charge in [-0.15, -0.1) is 10.2 Å². The molecular formula is C20H27N5O4S2. The summed E-state index contributed by atoms with van der Waals surface area (Å²) in [6.45, 7) is 4.17. The van der Waals surface area contributed by atoms with Gasteiger partial charge in [0.15, 0.2) is 15.7 Å². The van der Waals surface area contributed by atoms with Gasteiger partial charge in [-0.05, 0) is 56.4 Å². The highest BCUT2D eigenvalue weighted by molar-refractivity contribution is 7.99. The molecule has 0 radical (unpaired) electrons. The number of thioether (sulfide) groups is 1. The minimum absolute atomic E-state index is 0.0624. The predicted octanol–water partition coefficient (Wildman–Crippen LogP) is 1.46. The van der Waals surface area contributed by atoms with Crippen LogP contribution in [0.2, 0.25) is 0 Å². The van der Waals surface area contributed by atoms with E-state index in [-0.39, 0.29) is 41.9 Å². The van der Waals surface area contributed by atoms with Crippen LogP contribution in [0.15, 0.2) is 23.4 Å². The second kappa shape index (κ2) is 8.70. The smallest absolute Gasteiger partial charge is 0.233 e. The summed E-state index contributed by atoms with van der Waals surface area (Å²) in [5, 5.41) is 8.58. The van der Waals surface area contributed by atoms with Crippen molar-refractivity contribution < 1.29 is 17.9 Å². The second-order valence-corrected chi connectivity index (χ2v) is 11.4. The summed E-state index contributed by atoms with van der Waals surface area (Å²) in [5.41, 5.74) is 2.21. The molecule has 168 valence electrons. The average Bonchev–Trinajstić information content (AvgIpc) is 3.36. The van der Waals surface area contributed by atoms with E-state index in [1.54, 1.807) is 4.90 Å². The fraction of sp³-hybridized carbons (Fsp3) is 0.550. The highest BCUT2D eigenvalue weighted by atomic mass is 32.2. The number of aromatic nitrogens is 3. The van der Waals surface area contributed by atoms with E-state index in [1.807, 2.05) is 26.0 Å². The SMILES string of the molecule is Cc1cc(C)cc(OCc2nnc(SCC(=O)N(C3CC3)C3CCS(=O)(=O)C3)n2N)c1. The molecule has 1 saturated heterocycles. The number of amides is 1. The number of nitrogen functional groups attached to an aromatic ring is 1. The van der Waals surface area contributed by atoms with Gasteiger partial charge in [0.1, 0.15) is 12.4 Å². The minimum atomic E-state index is -3.05. The number of hydrogen-bond donors (Lipinski definition) is 1. The number of carbonyl (C=O) groups excluding carboxylic acids is 1. The van der Waals surface area contributed by atoms with Gasteiger partial charge in [-0.2, -0.15) is 0 Å². The molecule has 1 aliphatic heterocycles. The molecule has 11 heteroatoms. The molecule has 1 atom stereocenters. The van der Waals surface area contributed by atoms with Crippen molar-refractivity contribution >= 4 is 27.5 Å². The molecule has 31 heavy (non-hydrogen) atoms. The Morgan fingerprint density at radius 2 is 1.90 bits per heavy atom. The molecule has 1 aromatic carbocycles. The van der Waals surface area contributed by atoms with E-state index in [0.717, 1.165) is 29.7 Å². The van der Waals surface area contributed by atoms with Crippen molar-refractivity contribution in [1.82, 2.24) is 19.8 Å². The Labute approximate surface area is 186 Å². The van der Waals surface area contributed by atoms with Crippen LogP contribution in [0.4, 0.5) is 0 Å². The van der Waals surface area contributed by atoms with Crippen molar-refractivity contribution in [1.29, 1.82) is 0 Å². The van der Waals surface area contributed by atoms with Gasteiger partial charge in [-0.3, -0.25) is 4.79 Å². The summed E-state index contributed by atoms with van der Waals surface area (Å²) in [5.74, 6) is 7.57. The molecule has 2 fully saturated rings. The van der Waals surface area contributed by atoms with Crippen LogP contribution >= 0.6 is 11.8 Å². The van der Waals surface area contributed by atoms with E-state index in [0.29, 0.717) is 17.4 Å². The molecule has 1 aliphatic carbocycles. The summed E-state index contributed by atoms with van der Waals surface area (Å²) < 4.78 is 30.8. The zero-order chi connectivity index (χ0) is 22.2. The molecule has 2 aliphatic rings. The molecular weight excluding hydrogens is 438 g/mol.